The van der Waals surface area contributed by atoms with E-state index in [0.717, 1.165) is 24.0 Å². The standard InChI is InChI=1S/C13H16BN3/c14-17-13(16)12-10(7-4-8-11(12)15)9-5-2-1-3-6-9/h4-5,7-8H,1-3,6,15H2,(H2,16,17). The molecule has 1 aromatic rings. The molecule has 0 aromatic heterocycles. The lowest BCUT2D eigenvalue weighted by Gasteiger charge is -2.17. The number of amidine groups is 1. The highest BCUT2D eigenvalue weighted by Crippen LogP contribution is 2.31. The Balaban J connectivity index is 2.53. The van der Waals surface area contributed by atoms with E-state index in [1.54, 1.807) is 0 Å². The van der Waals surface area contributed by atoms with Crippen molar-refractivity contribution in [2.24, 2.45) is 10.6 Å². The Morgan fingerprint density at radius 2 is 2.12 bits per heavy atom. The van der Waals surface area contributed by atoms with E-state index in [0.29, 0.717) is 11.5 Å². The van der Waals surface area contributed by atoms with Crippen molar-refractivity contribution >= 4 is 25.1 Å². The lowest BCUT2D eigenvalue weighted by molar-refractivity contribution is 0.742. The van der Waals surface area contributed by atoms with Crippen LogP contribution in [0.2, 0.25) is 0 Å². The van der Waals surface area contributed by atoms with E-state index >= 15 is 0 Å². The highest BCUT2D eigenvalue weighted by Gasteiger charge is 2.14. The van der Waals surface area contributed by atoms with Crippen molar-refractivity contribution in [2.75, 3.05) is 5.73 Å². The van der Waals surface area contributed by atoms with Gasteiger partial charge in [0, 0.05) is 11.3 Å². The Kier molecular flexibility index (Phi) is 3.52. The summed E-state index contributed by atoms with van der Waals surface area (Å²) in [6.07, 6.45) is 6.89. The maximum Gasteiger partial charge on any atom is 0.262 e. The van der Waals surface area contributed by atoms with Gasteiger partial charge in [0.15, 0.2) is 0 Å². The summed E-state index contributed by atoms with van der Waals surface area (Å²) in [6, 6.07) is 5.79. The van der Waals surface area contributed by atoms with E-state index in [9.17, 15) is 0 Å². The van der Waals surface area contributed by atoms with Crippen LogP contribution in [0, 0.1) is 0 Å². The van der Waals surface area contributed by atoms with Crippen molar-refractivity contribution in [2.45, 2.75) is 25.7 Å². The van der Waals surface area contributed by atoms with Gasteiger partial charge in [0.25, 0.3) is 7.98 Å². The van der Waals surface area contributed by atoms with Gasteiger partial charge < -0.3 is 16.4 Å². The number of rotatable bonds is 2. The quantitative estimate of drug-likeness (QED) is 0.350. The first kappa shape index (κ1) is 11.8. The molecule has 1 aliphatic carbocycles. The molecule has 0 fully saturated rings. The van der Waals surface area contributed by atoms with Gasteiger partial charge in [-0.15, -0.1) is 0 Å². The van der Waals surface area contributed by atoms with Crippen LogP contribution in [-0.2, 0) is 0 Å². The molecule has 0 unspecified atom stereocenters. The number of allylic oxidation sites excluding steroid dienone is 2. The molecule has 0 saturated heterocycles. The number of benzene rings is 1. The van der Waals surface area contributed by atoms with Crippen molar-refractivity contribution in [1.82, 2.24) is 0 Å². The molecule has 86 valence electrons. The van der Waals surface area contributed by atoms with Crippen LogP contribution in [0.25, 0.3) is 5.57 Å². The SMILES string of the molecule is [B]/N=C(/N)c1c(N)cccc1C1=CCCCC1. The van der Waals surface area contributed by atoms with Gasteiger partial charge in [-0.1, -0.05) is 18.2 Å². The number of hydrogen-bond acceptors (Lipinski definition) is 2. The summed E-state index contributed by atoms with van der Waals surface area (Å²) >= 11 is 0. The molecule has 17 heavy (non-hydrogen) atoms. The Labute approximate surface area is 103 Å². The monoisotopic (exact) mass is 225 g/mol. The smallest absolute Gasteiger partial charge is 0.262 e. The highest BCUT2D eigenvalue weighted by atomic mass is 14.8. The molecule has 0 bridgehead atoms. The van der Waals surface area contributed by atoms with E-state index in [1.807, 2.05) is 18.2 Å². The van der Waals surface area contributed by atoms with E-state index in [2.05, 4.69) is 11.0 Å². The maximum absolute atomic E-state index is 5.96. The van der Waals surface area contributed by atoms with E-state index < -0.39 is 0 Å². The van der Waals surface area contributed by atoms with Gasteiger partial charge in [-0.25, -0.2) is 0 Å². The fourth-order valence-electron chi connectivity index (χ4n) is 2.27. The van der Waals surface area contributed by atoms with Crippen LogP contribution in [0.3, 0.4) is 0 Å². The second-order valence-corrected chi connectivity index (χ2v) is 4.26. The van der Waals surface area contributed by atoms with Crippen molar-refractivity contribution < 1.29 is 0 Å². The molecular weight excluding hydrogens is 209 g/mol. The summed E-state index contributed by atoms with van der Waals surface area (Å²) in [5.41, 5.74) is 15.5. The fraction of sp³-hybridized carbons (Fsp3) is 0.308. The molecule has 0 aliphatic heterocycles. The van der Waals surface area contributed by atoms with Crippen LogP contribution < -0.4 is 11.5 Å². The molecule has 4 heteroatoms. The second-order valence-electron chi connectivity index (χ2n) is 4.26. The predicted molar refractivity (Wildman–Crippen MR) is 73.8 cm³/mol. The van der Waals surface area contributed by atoms with Gasteiger partial charge in [-0.05, 0) is 42.9 Å². The van der Waals surface area contributed by atoms with Gasteiger partial charge in [0.1, 0.15) is 5.84 Å². The molecule has 0 atom stereocenters. The summed E-state index contributed by atoms with van der Waals surface area (Å²) < 4.78 is 0. The second kappa shape index (κ2) is 5.08. The molecule has 2 radical (unpaired) electrons. The van der Waals surface area contributed by atoms with E-state index in [1.165, 1.54) is 18.4 Å². The molecule has 0 heterocycles. The number of hydrogen-bond donors (Lipinski definition) is 2. The third-order valence-electron chi connectivity index (χ3n) is 3.13. The Hall–Kier alpha value is -1.71. The van der Waals surface area contributed by atoms with Crippen LogP contribution in [0.5, 0.6) is 0 Å². The third-order valence-corrected chi connectivity index (χ3v) is 3.13. The molecule has 0 saturated carbocycles. The van der Waals surface area contributed by atoms with Crippen LogP contribution in [0.15, 0.2) is 29.2 Å². The maximum atomic E-state index is 5.96. The molecular formula is C13H16BN3. The summed E-state index contributed by atoms with van der Waals surface area (Å²) in [4.78, 5) is 3.56. The van der Waals surface area contributed by atoms with Gasteiger partial charge in [0.05, 0.1) is 0 Å². The predicted octanol–water partition coefficient (Wildman–Crippen LogP) is 2.02. The summed E-state index contributed by atoms with van der Waals surface area (Å²) in [6.45, 7) is 0. The largest absolute Gasteiger partial charge is 0.398 e. The molecule has 0 spiro atoms. The number of nitrogens with zero attached hydrogens (tertiary/aromatic N) is 1. The highest BCUT2D eigenvalue weighted by molar-refractivity contribution is 6.18. The van der Waals surface area contributed by atoms with Crippen LogP contribution in [-0.4, -0.2) is 13.8 Å². The first-order valence-electron chi connectivity index (χ1n) is 5.85. The van der Waals surface area contributed by atoms with Gasteiger partial charge in [0.2, 0.25) is 0 Å². The third kappa shape index (κ3) is 2.35. The van der Waals surface area contributed by atoms with Crippen molar-refractivity contribution in [1.29, 1.82) is 0 Å². The van der Waals surface area contributed by atoms with Gasteiger partial charge in [-0.2, -0.15) is 0 Å². The minimum Gasteiger partial charge on any atom is -0.398 e. The minimum atomic E-state index is 0.296. The molecule has 1 aromatic carbocycles. The van der Waals surface area contributed by atoms with E-state index in [4.69, 9.17) is 19.4 Å². The lowest BCUT2D eigenvalue weighted by Crippen LogP contribution is -2.18. The summed E-state index contributed by atoms with van der Waals surface area (Å²) in [5, 5.41) is 0. The number of nitrogen functional groups attached to an aromatic ring is 1. The summed E-state index contributed by atoms with van der Waals surface area (Å²) in [7, 11) is 5.26. The minimum absolute atomic E-state index is 0.296. The fourth-order valence-corrected chi connectivity index (χ4v) is 2.27. The first-order valence-corrected chi connectivity index (χ1v) is 5.85. The topological polar surface area (TPSA) is 64.4 Å². The number of anilines is 1. The Morgan fingerprint density at radius 3 is 2.76 bits per heavy atom. The van der Waals surface area contributed by atoms with Crippen LogP contribution in [0.4, 0.5) is 5.69 Å². The van der Waals surface area contributed by atoms with Gasteiger partial charge >= 0.3 is 0 Å². The molecule has 4 N–H and O–H groups in total. The van der Waals surface area contributed by atoms with Crippen molar-refractivity contribution in [3.63, 3.8) is 0 Å². The Bertz CT molecular complexity index is 478. The average molecular weight is 225 g/mol. The van der Waals surface area contributed by atoms with Crippen LogP contribution >= 0.6 is 0 Å². The normalized spacial score (nSPS) is 16.7. The van der Waals surface area contributed by atoms with Crippen molar-refractivity contribution in [3.8, 4) is 0 Å². The molecule has 3 nitrogen and oxygen atoms in total. The molecule has 1 aliphatic rings. The summed E-state index contributed by atoms with van der Waals surface area (Å²) in [5.74, 6) is 0.296. The average Bonchev–Trinajstić information content (AvgIpc) is 2.38. The molecule has 0 amide bonds. The van der Waals surface area contributed by atoms with E-state index in [-0.39, 0.29) is 0 Å². The van der Waals surface area contributed by atoms with Crippen LogP contribution in [0.1, 0.15) is 36.8 Å². The zero-order valence-corrected chi connectivity index (χ0v) is 9.82. The van der Waals surface area contributed by atoms with Crippen molar-refractivity contribution in [3.05, 3.63) is 35.4 Å². The molecule has 2 rings (SSSR count). The number of nitrogens with two attached hydrogens (primary N) is 2. The lowest BCUT2D eigenvalue weighted by atomic mass is 9.89. The zero-order valence-electron chi connectivity index (χ0n) is 9.82. The van der Waals surface area contributed by atoms with Gasteiger partial charge in [-0.3, -0.25) is 0 Å². The first-order chi connectivity index (χ1) is 8.24. The zero-order chi connectivity index (χ0) is 12.3. The Morgan fingerprint density at radius 1 is 1.29 bits per heavy atom.